The maximum absolute atomic E-state index is 11.2. The molecule has 112 valence electrons. The summed E-state index contributed by atoms with van der Waals surface area (Å²) < 4.78 is 1.13. The first kappa shape index (κ1) is 15.0. The molecule has 2 N–H and O–H groups in total. The van der Waals surface area contributed by atoms with Gasteiger partial charge in [-0.25, -0.2) is 4.98 Å². The second kappa shape index (κ2) is 6.48. The largest absolute Gasteiger partial charge is 0.481 e. The molecule has 0 aliphatic rings. The molecule has 0 aliphatic heterocycles. The molecular weight excluding hydrogens is 391 g/mol. The van der Waals surface area contributed by atoms with Crippen molar-refractivity contribution in [2.24, 2.45) is 0 Å². The lowest BCUT2D eigenvalue weighted by Gasteiger charge is -2.13. The van der Waals surface area contributed by atoms with E-state index in [1.807, 2.05) is 48.5 Å². The molecule has 22 heavy (non-hydrogen) atoms. The first-order chi connectivity index (χ1) is 10.6. The second-order valence-corrected chi connectivity index (χ2v) is 6.50. The van der Waals surface area contributed by atoms with Crippen LogP contribution in [0.25, 0.3) is 11.0 Å². The third kappa shape index (κ3) is 3.47. The molecule has 1 aromatic heterocycles. The number of H-pyrrole nitrogens is 1. The molecule has 3 rings (SSSR count). The summed E-state index contributed by atoms with van der Waals surface area (Å²) in [7, 11) is 0. The zero-order chi connectivity index (χ0) is 15.5. The molecule has 5 heteroatoms. The number of carbonyl (C=O) groups is 1. The molecule has 0 saturated heterocycles. The number of fused-ring (bicyclic) bond motifs is 1. The Balaban J connectivity index is 1.89. The van der Waals surface area contributed by atoms with Gasteiger partial charge >= 0.3 is 5.97 Å². The van der Waals surface area contributed by atoms with Gasteiger partial charge in [-0.05, 0) is 46.4 Å². The third-order valence-corrected chi connectivity index (χ3v) is 4.30. The second-order valence-electron chi connectivity index (χ2n) is 5.25. The van der Waals surface area contributed by atoms with Crippen molar-refractivity contribution >= 4 is 39.6 Å². The molecule has 1 heterocycles. The van der Waals surface area contributed by atoms with E-state index in [9.17, 15) is 4.79 Å². The Bertz CT molecular complexity index is 799. The van der Waals surface area contributed by atoms with Gasteiger partial charge in [0.05, 0.1) is 17.5 Å². The van der Waals surface area contributed by atoms with Gasteiger partial charge in [-0.3, -0.25) is 4.79 Å². The summed E-state index contributed by atoms with van der Waals surface area (Å²) in [5, 5.41) is 9.17. The Morgan fingerprint density at radius 3 is 2.73 bits per heavy atom. The van der Waals surface area contributed by atoms with E-state index in [0.717, 1.165) is 26.0 Å². The van der Waals surface area contributed by atoms with Crippen LogP contribution in [0.2, 0.25) is 0 Å². The number of halogens is 1. The topological polar surface area (TPSA) is 66.0 Å². The Labute approximate surface area is 141 Å². The van der Waals surface area contributed by atoms with E-state index in [4.69, 9.17) is 5.11 Å². The molecule has 0 radical (unpaired) electrons. The Morgan fingerprint density at radius 1 is 1.23 bits per heavy atom. The minimum atomic E-state index is -0.792. The number of rotatable bonds is 5. The molecule has 0 saturated carbocycles. The number of carboxylic acid groups (broad SMARTS) is 1. The van der Waals surface area contributed by atoms with Crippen molar-refractivity contribution in [3.8, 4) is 0 Å². The quantitative estimate of drug-likeness (QED) is 0.631. The van der Waals surface area contributed by atoms with Crippen LogP contribution >= 0.6 is 22.6 Å². The summed E-state index contributed by atoms with van der Waals surface area (Å²) in [6.07, 6.45) is 0.681. The monoisotopic (exact) mass is 406 g/mol. The lowest BCUT2D eigenvalue weighted by atomic mass is 9.92. The van der Waals surface area contributed by atoms with Crippen LogP contribution in [0.15, 0.2) is 48.5 Å². The number of aliphatic carboxylic acids is 1. The van der Waals surface area contributed by atoms with E-state index in [-0.39, 0.29) is 12.3 Å². The Morgan fingerprint density at radius 2 is 2.00 bits per heavy atom. The predicted molar refractivity (Wildman–Crippen MR) is 94.0 cm³/mol. The molecule has 0 spiro atoms. The molecule has 3 aromatic rings. The van der Waals surface area contributed by atoms with Gasteiger partial charge in [-0.1, -0.05) is 30.3 Å². The highest BCUT2D eigenvalue weighted by Crippen LogP contribution is 2.25. The molecule has 0 fully saturated rings. The Hall–Kier alpha value is -1.89. The van der Waals surface area contributed by atoms with Gasteiger partial charge in [0.25, 0.3) is 0 Å². The van der Waals surface area contributed by atoms with Gasteiger partial charge in [0.2, 0.25) is 0 Å². The summed E-state index contributed by atoms with van der Waals surface area (Å²) in [5.41, 5.74) is 2.93. The van der Waals surface area contributed by atoms with E-state index in [0.29, 0.717) is 6.42 Å². The zero-order valence-corrected chi connectivity index (χ0v) is 13.9. The van der Waals surface area contributed by atoms with Crippen LogP contribution in [-0.4, -0.2) is 21.0 Å². The highest BCUT2D eigenvalue weighted by molar-refractivity contribution is 14.1. The van der Waals surface area contributed by atoms with Crippen LogP contribution in [-0.2, 0) is 11.2 Å². The highest BCUT2D eigenvalue weighted by atomic mass is 127. The summed E-state index contributed by atoms with van der Waals surface area (Å²) in [6, 6.07) is 15.8. The maximum Gasteiger partial charge on any atom is 0.303 e. The normalized spacial score (nSPS) is 12.4. The highest BCUT2D eigenvalue weighted by Gasteiger charge is 2.18. The smallest absolute Gasteiger partial charge is 0.303 e. The molecule has 4 nitrogen and oxygen atoms in total. The number of benzene rings is 2. The van der Waals surface area contributed by atoms with Crippen molar-refractivity contribution in [2.75, 3.05) is 0 Å². The standard InChI is InChI=1S/C17H15IN2O2/c18-13-6-7-14-15(10-13)20-16(19-14)8-12(9-17(21)22)11-4-2-1-3-5-11/h1-7,10,12H,8-9H2,(H,19,20)(H,21,22). The van der Waals surface area contributed by atoms with Crippen LogP contribution in [0.5, 0.6) is 0 Å². The lowest BCUT2D eigenvalue weighted by Crippen LogP contribution is -2.10. The Kier molecular flexibility index (Phi) is 4.42. The van der Waals surface area contributed by atoms with Crippen LogP contribution in [0.3, 0.4) is 0 Å². The molecule has 0 aliphatic carbocycles. The molecular formula is C17H15IN2O2. The van der Waals surface area contributed by atoms with Gasteiger partial charge in [0.1, 0.15) is 5.82 Å². The minimum absolute atomic E-state index is 0.0849. The number of imidazole rings is 1. The summed E-state index contributed by atoms with van der Waals surface area (Å²) >= 11 is 2.26. The van der Waals surface area contributed by atoms with Gasteiger partial charge in [0, 0.05) is 15.9 Å². The number of hydrogen-bond acceptors (Lipinski definition) is 2. The number of aromatic nitrogens is 2. The third-order valence-electron chi connectivity index (χ3n) is 3.63. The van der Waals surface area contributed by atoms with Crippen molar-refractivity contribution < 1.29 is 9.90 Å². The average molecular weight is 406 g/mol. The fourth-order valence-corrected chi connectivity index (χ4v) is 3.08. The first-order valence-corrected chi connectivity index (χ1v) is 8.10. The molecule has 1 atom stereocenters. The lowest BCUT2D eigenvalue weighted by molar-refractivity contribution is -0.137. The van der Waals surface area contributed by atoms with Crippen molar-refractivity contribution in [1.29, 1.82) is 0 Å². The SMILES string of the molecule is O=C(O)CC(Cc1nc2cc(I)ccc2[nH]1)c1ccccc1. The summed E-state index contributed by atoms with van der Waals surface area (Å²) in [6.45, 7) is 0. The maximum atomic E-state index is 11.2. The molecule has 0 bridgehead atoms. The number of hydrogen-bond donors (Lipinski definition) is 2. The number of nitrogens with zero attached hydrogens (tertiary/aromatic N) is 1. The van der Waals surface area contributed by atoms with E-state index in [1.165, 1.54) is 0 Å². The number of nitrogens with one attached hydrogen (secondary N) is 1. The van der Waals surface area contributed by atoms with E-state index >= 15 is 0 Å². The van der Waals surface area contributed by atoms with Crippen LogP contribution in [0.4, 0.5) is 0 Å². The zero-order valence-electron chi connectivity index (χ0n) is 11.8. The van der Waals surface area contributed by atoms with Crippen molar-refractivity contribution in [1.82, 2.24) is 9.97 Å². The summed E-state index contributed by atoms with van der Waals surface area (Å²) in [4.78, 5) is 19.0. The van der Waals surface area contributed by atoms with Gasteiger partial charge in [0.15, 0.2) is 0 Å². The van der Waals surface area contributed by atoms with Crippen molar-refractivity contribution in [2.45, 2.75) is 18.8 Å². The van der Waals surface area contributed by atoms with E-state index in [1.54, 1.807) is 0 Å². The fraction of sp³-hybridized carbons (Fsp3) is 0.176. The predicted octanol–water partition coefficient (Wildman–Crippen LogP) is 3.97. The van der Waals surface area contributed by atoms with Gasteiger partial charge in [-0.15, -0.1) is 0 Å². The van der Waals surface area contributed by atoms with E-state index < -0.39 is 5.97 Å². The average Bonchev–Trinajstić information content (AvgIpc) is 2.88. The van der Waals surface area contributed by atoms with Crippen molar-refractivity contribution in [3.63, 3.8) is 0 Å². The number of aromatic amines is 1. The van der Waals surface area contributed by atoms with Crippen molar-refractivity contribution in [3.05, 3.63) is 63.5 Å². The minimum Gasteiger partial charge on any atom is -0.481 e. The molecule has 1 unspecified atom stereocenters. The van der Waals surface area contributed by atoms with Crippen LogP contribution < -0.4 is 0 Å². The van der Waals surface area contributed by atoms with Gasteiger partial charge < -0.3 is 10.1 Å². The molecule has 0 amide bonds. The van der Waals surface area contributed by atoms with Gasteiger partial charge in [-0.2, -0.15) is 0 Å². The molecule has 2 aromatic carbocycles. The fourth-order valence-electron chi connectivity index (χ4n) is 2.61. The van der Waals surface area contributed by atoms with E-state index in [2.05, 4.69) is 32.6 Å². The first-order valence-electron chi connectivity index (χ1n) is 7.02. The van der Waals surface area contributed by atoms with Crippen LogP contribution in [0, 0.1) is 3.57 Å². The number of carboxylic acids is 1. The van der Waals surface area contributed by atoms with Crippen LogP contribution in [0.1, 0.15) is 23.7 Å². The summed E-state index contributed by atoms with van der Waals surface area (Å²) in [5.74, 6) is -0.0510.